The number of hydrogen-bond acceptors (Lipinski definition) is 6. The molecule has 1 atom stereocenters. The maximum atomic E-state index is 12.4. The van der Waals surface area contributed by atoms with Crippen LogP contribution in [0.15, 0.2) is 42.7 Å². The number of methoxy groups -OCH3 is 1. The molecule has 1 aliphatic rings. The number of carbonyl (C=O) groups excluding carboxylic acids is 1. The molecule has 3 rings (SSSR count). The molecule has 1 fully saturated rings. The lowest BCUT2D eigenvalue weighted by Gasteiger charge is -2.32. The van der Waals surface area contributed by atoms with E-state index in [4.69, 9.17) is 14.2 Å². The van der Waals surface area contributed by atoms with E-state index in [2.05, 4.69) is 9.97 Å². The van der Waals surface area contributed by atoms with E-state index in [1.807, 2.05) is 30.3 Å². The van der Waals surface area contributed by atoms with Crippen molar-refractivity contribution in [1.29, 1.82) is 0 Å². The number of likely N-dealkylation sites (tertiary alicyclic amines) is 1. The molecule has 0 N–H and O–H groups in total. The molecule has 0 saturated carbocycles. The zero-order chi connectivity index (χ0) is 18.2. The van der Waals surface area contributed by atoms with Crippen molar-refractivity contribution >= 4 is 5.91 Å². The molecule has 2 heterocycles. The van der Waals surface area contributed by atoms with Crippen molar-refractivity contribution in [2.75, 3.05) is 26.8 Å². The van der Waals surface area contributed by atoms with Gasteiger partial charge in [0.05, 0.1) is 32.7 Å². The molecule has 0 unspecified atom stereocenters. The van der Waals surface area contributed by atoms with E-state index in [1.165, 1.54) is 13.3 Å². The molecule has 26 heavy (non-hydrogen) atoms. The number of amides is 1. The van der Waals surface area contributed by atoms with Crippen molar-refractivity contribution in [2.45, 2.75) is 25.6 Å². The van der Waals surface area contributed by atoms with E-state index in [0.717, 1.165) is 24.9 Å². The number of aromatic nitrogens is 2. The van der Waals surface area contributed by atoms with Gasteiger partial charge in [0, 0.05) is 6.54 Å². The SMILES string of the molecule is COc1cncc(O[C@@H]2CCCN(C(=O)COCc3ccccc3)C2)n1. The van der Waals surface area contributed by atoms with E-state index < -0.39 is 0 Å². The van der Waals surface area contributed by atoms with Gasteiger partial charge in [0.15, 0.2) is 0 Å². The van der Waals surface area contributed by atoms with Crippen LogP contribution < -0.4 is 9.47 Å². The summed E-state index contributed by atoms with van der Waals surface area (Å²) in [5.41, 5.74) is 1.05. The minimum Gasteiger partial charge on any atom is -0.480 e. The fourth-order valence-corrected chi connectivity index (χ4v) is 2.84. The molecule has 1 aliphatic heterocycles. The summed E-state index contributed by atoms with van der Waals surface area (Å²) in [6, 6.07) is 9.81. The van der Waals surface area contributed by atoms with Crippen LogP contribution in [0.4, 0.5) is 0 Å². The summed E-state index contributed by atoms with van der Waals surface area (Å²) in [4.78, 5) is 22.4. The van der Waals surface area contributed by atoms with Gasteiger partial charge < -0.3 is 19.1 Å². The first kappa shape index (κ1) is 18.1. The monoisotopic (exact) mass is 357 g/mol. The maximum absolute atomic E-state index is 12.4. The smallest absolute Gasteiger partial charge is 0.248 e. The van der Waals surface area contributed by atoms with Gasteiger partial charge in [-0.15, -0.1) is 0 Å². The minimum atomic E-state index is -0.108. The lowest BCUT2D eigenvalue weighted by atomic mass is 10.1. The van der Waals surface area contributed by atoms with E-state index in [9.17, 15) is 4.79 Å². The van der Waals surface area contributed by atoms with Crippen LogP contribution in [0, 0.1) is 0 Å². The molecule has 1 saturated heterocycles. The average Bonchev–Trinajstić information content (AvgIpc) is 2.69. The number of rotatable bonds is 7. The summed E-state index contributed by atoms with van der Waals surface area (Å²) in [7, 11) is 1.53. The van der Waals surface area contributed by atoms with Crippen LogP contribution in [-0.4, -0.2) is 53.7 Å². The summed E-state index contributed by atoms with van der Waals surface area (Å²) in [5, 5.41) is 0. The Kier molecular flexibility index (Phi) is 6.38. The Morgan fingerprint density at radius 1 is 1.23 bits per heavy atom. The summed E-state index contributed by atoms with van der Waals surface area (Å²) in [5.74, 6) is 0.787. The topological polar surface area (TPSA) is 73.8 Å². The van der Waals surface area contributed by atoms with E-state index in [0.29, 0.717) is 24.9 Å². The molecule has 0 radical (unpaired) electrons. The third-order valence-corrected chi connectivity index (χ3v) is 4.15. The minimum absolute atomic E-state index is 0.0223. The average molecular weight is 357 g/mol. The van der Waals surface area contributed by atoms with Gasteiger partial charge in [-0.25, -0.2) is 0 Å². The van der Waals surface area contributed by atoms with Crippen molar-refractivity contribution < 1.29 is 19.0 Å². The highest BCUT2D eigenvalue weighted by Gasteiger charge is 2.25. The van der Waals surface area contributed by atoms with Gasteiger partial charge in [-0.1, -0.05) is 30.3 Å². The van der Waals surface area contributed by atoms with Gasteiger partial charge >= 0.3 is 0 Å². The number of benzene rings is 1. The van der Waals surface area contributed by atoms with Crippen LogP contribution >= 0.6 is 0 Å². The first-order valence-electron chi connectivity index (χ1n) is 8.66. The molecule has 7 heteroatoms. The largest absolute Gasteiger partial charge is 0.480 e. The number of carbonyl (C=O) groups is 1. The van der Waals surface area contributed by atoms with Crippen molar-refractivity contribution in [2.24, 2.45) is 0 Å². The molecule has 0 spiro atoms. The van der Waals surface area contributed by atoms with E-state index in [1.54, 1.807) is 11.1 Å². The predicted octanol–water partition coefficient (Wildman–Crippen LogP) is 2.07. The molecule has 0 bridgehead atoms. The second-order valence-corrected chi connectivity index (χ2v) is 6.10. The zero-order valence-corrected chi connectivity index (χ0v) is 14.8. The second-order valence-electron chi connectivity index (χ2n) is 6.10. The van der Waals surface area contributed by atoms with Crippen LogP contribution in [0.1, 0.15) is 18.4 Å². The quantitative estimate of drug-likeness (QED) is 0.755. The van der Waals surface area contributed by atoms with E-state index >= 15 is 0 Å². The maximum Gasteiger partial charge on any atom is 0.248 e. The Balaban J connectivity index is 1.47. The Labute approximate surface area is 152 Å². The summed E-state index contributed by atoms with van der Waals surface area (Å²) >= 11 is 0. The number of ether oxygens (including phenoxy) is 3. The Hall–Kier alpha value is -2.67. The molecule has 7 nitrogen and oxygen atoms in total. The Morgan fingerprint density at radius 3 is 2.85 bits per heavy atom. The molecule has 1 aromatic carbocycles. The number of piperidine rings is 1. The van der Waals surface area contributed by atoms with Gasteiger partial charge in [0.2, 0.25) is 17.7 Å². The van der Waals surface area contributed by atoms with Crippen molar-refractivity contribution in [3.63, 3.8) is 0 Å². The number of hydrogen-bond donors (Lipinski definition) is 0. The van der Waals surface area contributed by atoms with Crippen molar-refractivity contribution in [1.82, 2.24) is 14.9 Å². The summed E-state index contributed by atoms with van der Waals surface area (Å²) < 4.78 is 16.5. The van der Waals surface area contributed by atoms with Gasteiger partial charge in [-0.3, -0.25) is 9.78 Å². The Morgan fingerprint density at radius 2 is 2.04 bits per heavy atom. The molecule has 1 aromatic heterocycles. The highest BCUT2D eigenvalue weighted by molar-refractivity contribution is 5.77. The van der Waals surface area contributed by atoms with Crippen molar-refractivity contribution in [3.05, 3.63) is 48.3 Å². The third-order valence-electron chi connectivity index (χ3n) is 4.15. The lowest BCUT2D eigenvalue weighted by molar-refractivity contribution is -0.139. The van der Waals surface area contributed by atoms with Crippen LogP contribution in [-0.2, 0) is 16.1 Å². The highest BCUT2D eigenvalue weighted by Crippen LogP contribution is 2.18. The van der Waals surface area contributed by atoms with Crippen molar-refractivity contribution in [3.8, 4) is 11.8 Å². The fraction of sp³-hybridized carbons (Fsp3) is 0.421. The molecular weight excluding hydrogens is 334 g/mol. The normalized spacial score (nSPS) is 17.0. The zero-order valence-electron chi connectivity index (χ0n) is 14.8. The number of nitrogens with zero attached hydrogens (tertiary/aromatic N) is 3. The third kappa shape index (κ3) is 5.16. The van der Waals surface area contributed by atoms with E-state index in [-0.39, 0.29) is 18.6 Å². The van der Waals surface area contributed by atoms with Gasteiger partial charge in [0.25, 0.3) is 0 Å². The molecule has 138 valence electrons. The molecule has 0 aliphatic carbocycles. The standard InChI is InChI=1S/C19H23N3O4/c1-24-17-10-20-11-18(21-17)26-16-8-5-9-22(12-16)19(23)14-25-13-15-6-3-2-4-7-15/h2-4,6-7,10-11,16H,5,8-9,12-14H2,1H3/t16-/m1/s1. The molecule has 1 amide bonds. The predicted molar refractivity (Wildman–Crippen MR) is 94.9 cm³/mol. The van der Waals surface area contributed by atoms with Crippen LogP contribution in [0.3, 0.4) is 0 Å². The first-order chi connectivity index (χ1) is 12.7. The lowest BCUT2D eigenvalue weighted by Crippen LogP contribution is -2.45. The molecule has 2 aromatic rings. The second kappa shape index (κ2) is 9.15. The summed E-state index contributed by atoms with van der Waals surface area (Å²) in [6.45, 7) is 1.74. The van der Waals surface area contributed by atoms with Crippen LogP contribution in [0.25, 0.3) is 0 Å². The van der Waals surface area contributed by atoms with Gasteiger partial charge in [0.1, 0.15) is 12.7 Å². The highest BCUT2D eigenvalue weighted by atomic mass is 16.5. The summed E-state index contributed by atoms with van der Waals surface area (Å²) in [6.07, 6.45) is 4.71. The van der Waals surface area contributed by atoms with Crippen LogP contribution in [0.2, 0.25) is 0 Å². The van der Waals surface area contributed by atoms with Gasteiger partial charge in [-0.2, -0.15) is 4.98 Å². The van der Waals surface area contributed by atoms with Gasteiger partial charge in [-0.05, 0) is 18.4 Å². The fourth-order valence-electron chi connectivity index (χ4n) is 2.84. The van der Waals surface area contributed by atoms with Crippen LogP contribution in [0.5, 0.6) is 11.8 Å². The first-order valence-corrected chi connectivity index (χ1v) is 8.66. The molecular formula is C19H23N3O4. The Bertz CT molecular complexity index is 711.